The predicted molar refractivity (Wildman–Crippen MR) is 82.2 cm³/mol. The van der Waals surface area contributed by atoms with Crippen LogP contribution in [-0.2, 0) is 0 Å². The Kier molecular flexibility index (Phi) is 20.5. The quantitative estimate of drug-likeness (QED) is 0.441. The van der Waals surface area contributed by atoms with E-state index in [1.807, 2.05) is 18.2 Å². The summed E-state index contributed by atoms with van der Waals surface area (Å²) in [6.45, 7) is 6.57. The van der Waals surface area contributed by atoms with Gasteiger partial charge >= 0.3 is 0 Å². The lowest BCUT2D eigenvalue weighted by Crippen LogP contribution is -1.70. The van der Waals surface area contributed by atoms with Gasteiger partial charge in [0.25, 0.3) is 0 Å². The summed E-state index contributed by atoms with van der Waals surface area (Å²) >= 11 is 9.53. The van der Waals surface area contributed by atoms with Gasteiger partial charge in [0, 0.05) is 0 Å². The summed E-state index contributed by atoms with van der Waals surface area (Å²) in [6, 6.07) is 10.3. The van der Waals surface area contributed by atoms with E-state index < -0.39 is 0 Å². The zero-order valence-electron chi connectivity index (χ0n) is 11.4. The summed E-state index contributed by atoms with van der Waals surface area (Å²) in [7, 11) is 0. The van der Waals surface area contributed by atoms with Crippen LogP contribution >= 0.6 is 23.2 Å². The van der Waals surface area contributed by atoms with Crippen molar-refractivity contribution in [2.45, 2.75) is 52.9 Å². The van der Waals surface area contributed by atoms with Gasteiger partial charge in [-0.1, -0.05) is 81.8 Å². The molecule has 0 aliphatic carbocycles. The Bertz CT molecular complexity index is 205. The predicted octanol–water partition coefficient (Wildman–Crippen LogP) is 6.39. The zero-order valence-corrected chi connectivity index (χ0v) is 12.9. The van der Waals surface area contributed by atoms with Crippen LogP contribution in [0.2, 0.25) is 0 Å². The van der Waals surface area contributed by atoms with E-state index in [9.17, 15) is 0 Å². The molecular formula is C15H26Cl2. The van der Waals surface area contributed by atoms with Gasteiger partial charge < -0.3 is 0 Å². The maximum absolute atomic E-state index is 4.76. The lowest BCUT2D eigenvalue weighted by Gasteiger charge is -1.90. The van der Waals surface area contributed by atoms with Crippen LogP contribution in [0.4, 0.5) is 0 Å². The molecule has 0 fully saturated rings. The smallest absolute Gasteiger partial charge is 0.0967 e. The van der Waals surface area contributed by atoms with Gasteiger partial charge in [0.05, 0.1) is 5.34 Å². The number of hydrogen-bond acceptors (Lipinski definition) is 0. The van der Waals surface area contributed by atoms with Crippen molar-refractivity contribution in [3.05, 3.63) is 35.9 Å². The first-order valence-corrected chi connectivity index (χ1v) is 7.43. The fourth-order valence-electron chi connectivity index (χ4n) is 1.21. The summed E-state index contributed by atoms with van der Waals surface area (Å²) in [6.07, 6.45) is 7.01. The van der Waals surface area contributed by atoms with Crippen molar-refractivity contribution in [3.8, 4) is 0 Å². The van der Waals surface area contributed by atoms with Gasteiger partial charge in [0.15, 0.2) is 0 Å². The van der Waals surface area contributed by atoms with Crippen LogP contribution in [0.1, 0.15) is 51.5 Å². The van der Waals surface area contributed by atoms with Gasteiger partial charge in [-0.3, -0.25) is 0 Å². The molecule has 100 valence electrons. The first-order valence-electron chi connectivity index (χ1n) is 6.36. The van der Waals surface area contributed by atoms with Gasteiger partial charge in [0.2, 0.25) is 0 Å². The van der Waals surface area contributed by atoms with Crippen molar-refractivity contribution in [2.75, 3.05) is 5.34 Å². The SMILES string of the molecule is CCCCCCC.Cc1ccccc1.ClCCl. The summed E-state index contributed by atoms with van der Waals surface area (Å²) < 4.78 is 0. The monoisotopic (exact) mass is 276 g/mol. The van der Waals surface area contributed by atoms with Crippen LogP contribution in [0.25, 0.3) is 0 Å². The van der Waals surface area contributed by atoms with Crippen LogP contribution in [0, 0.1) is 6.92 Å². The molecule has 0 aliphatic heterocycles. The average Bonchev–Trinajstić information content (AvgIpc) is 2.33. The third kappa shape index (κ3) is 21.6. The molecule has 0 amide bonds. The Morgan fingerprint density at radius 3 is 1.47 bits per heavy atom. The minimum absolute atomic E-state index is 0.194. The highest BCUT2D eigenvalue weighted by Gasteiger charge is 1.80. The van der Waals surface area contributed by atoms with Crippen molar-refractivity contribution in [1.82, 2.24) is 0 Å². The third-order valence-corrected chi connectivity index (χ3v) is 2.15. The molecule has 0 aliphatic rings. The Hall–Kier alpha value is -0.200. The van der Waals surface area contributed by atoms with Crippen molar-refractivity contribution in [3.63, 3.8) is 0 Å². The lowest BCUT2D eigenvalue weighted by atomic mass is 10.2. The molecule has 0 atom stereocenters. The van der Waals surface area contributed by atoms with Gasteiger partial charge in [-0.25, -0.2) is 0 Å². The molecule has 0 spiro atoms. The van der Waals surface area contributed by atoms with Crippen molar-refractivity contribution in [2.24, 2.45) is 0 Å². The Morgan fingerprint density at radius 2 is 1.24 bits per heavy atom. The topological polar surface area (TPSA) is 0 Å². The lowest BCUT2D eigenvalue weighted by molar-refractivity contribution is 0.656. The number of halogens is 2. The number of unbranched alkanes of at least 4 members (excludes halogenated alkanes) is 4. The molecule has 1 aromatic rings. The summed E-state index contributed by atoms with van der Waals surface area (Å²) in [5.74, 6) is 0. The normalized spacial score (nSPS) is 8.53. The number of hydrogen-bond donors (Lipinski definition) is 0. The molecule has 0 unspecified atom stereocenters. The molecule has 0 saturated carbocycles. The highest BCUT2D eigenvalue weighted by molar-refractivity contribution is 6.40. The van der Waals surface area contributed by atoms with E-state index in [0.717, 1.165) is 0 Å². The molecule has 0 heterocycles. The molecule has 0 saturated heterocycles. The molecule has 0 bridgehead atoms. The minimum atomic E-state index is 0.194. The van der Waals surface area contributed by atoms with Crippen LogP contribution in [0.3, 0.4) is 0 Å². The molecule has 0 aromatic heterocycles. The summed E-state index contributed by atoms with van der Waals surface area (Å²) in [4.78, 5) is 0. The molecule has 0 N–H and O–H groups in total. The Labute approximate surface area is 117 Å². The number of alkyl halides is 2. The molecule has 2 heteroatoms. The second-order valence-electron chi connectivity index (χ2n) is 3.82. The van der Waals surface area contributed by atoms with Crippen molar-refractivity contribution in [1.29, 1.82) is 0 Å². The Balaban J connectivity index is 0. The van der Waals surface area contributed by atoms with Crippen LogP contribution in [0.5, 0.6) is 0 Å². The molecule has 0 nitrogen and oxygen atoms in total. The maximum Gasteiger partial charge on any atom is 0.0967 e. The third-order valence-electron chi connectivity index (χ3n) is 2.15. The van der Waals surface area contributed by atoms with Crippen molar-refractivity contribution < 1.29 is 0 Å². The van der Waals surface area contributed by atoms with Gasteiger partial charge in [-0.15, -0.1) is 23.2 Å². The van der Waals surface area contributed by atoms with E-state index >= 15 is 0 Å². The maximum atomic E-state index is 4.76. The Morgan fingerprint density at radius 1 is 0.824 bits per heavy atom. The largest absolute Gasteiger partial charge is 0.109 e. The number of rotatable bonds is 4. The average molecular weight is 277 g/mol. The van der Waals surface area contributed by atoms with E-state index in [2.05, 4.69) is 32.9 Å². The van der Waals surface area contributed by atoms with E-state index in [1.54, 1.807) is 0 Å². The molecule has 17 heavy (non-hydrogen) atoms. The zero-order chi connectivity index (χ0) is 13.4. The van der Waals surface area contributed by atoms with Crippen LogP contribution in [-0.4, -0.2) is 5.34 Å². The number of aryl methyl sites for hydroxylation is 1. The highest BCUT2D eigenvalue weighted by Crippen LogP contribution is 2.00. The summed E-state index contributed by atoms with van der Waals surface area (Å²) in [5.41, 5.74) is 1.32. The van der Waals surface area contributed by atoms with E-state index in [1.165, 1.54) is 37.7 Å². The molecular weight excluding hydrogens is 251 g/mol. The second-order valence-corrected chi connectivity index (χ2v) is 4.62. The van der Waals surface area contributed by atoms with E-state index in [4.69, 9.17) is 23.2 Å². The highest BCUT2D eigenvalue weighted by atomic mass is 35.5. The fourth-order valence-corrected chi connectivity index (χ4v) is 1.21. The van der Waals surface area contributed by atoms with Gasteiger partial charge in [-0.2, -0.15) is 0 Å². The van der Waals surface area contributed by atoms with Crippen LogP contribution in [0.15, 0.2) is 30.3 Å². The molecule has 1 rings (SSSR count). The van der Waals surface area contributed by atoms with Crippen LogP contribution < -0.4 is 0 Å². The standard InChI is InChI=1S/C7H8.C7H16.CH2Cl2/c1-7-5-3-2-4-6-7;1-3-5-7-6-4-2;2-1-3/h2-6H,1H3;3-7H2,1-2H3;1H2. The molecule has 1 aromatic carbocycles. The first-order chi connectivity index (χ1) is 8.22. The van der Waals surface area contributed by atoms with E-state index in [-0.39, 0.29) is 5.34 Å². The van der Waals surface area contributed by atoms with Gasteiger partial charge in [-0.05, 0) is 6.92 Å². The number of benzene rings is 1. The van der Waals surface area contributed by atoms with Crippen molar-refractivity contribution >= 4 is 23.2 Å². The second kappa shape index (κ2) is 18.2. The van der Waals surface area contributed by atoms with Gasteiger partial charge in [0.1, 0.15) is 0 Å². The summed E-state index contributed by atoms with van der Waals surface area (Å²) in [5, 5.41) is 0.194. The first kappa shape index (κ1) is 19.1. The van der Waals surface area contributed by atoms with E-state index in [0.29, 0.717) is 0 Å². The minimum Gasteiger partial charge on any atom is -0.109 e. The fraction of sp³-hybridized carbons (Fsp3) is 0.600. The molecule has 0 radical (unpaired) electrons.